The Kier molecular flexibility index (Phi) is 6.94. The van der Waals surface area contributed by atoms with Crippen LogP contribution in [0.3, 0.4) is 0 Å². The molecule has 0 aliphatic carbocycles. The van der Waals surface area contributed by atoms with Gasteiger partial charge in [-0.25, -0.2) is 9.97 Å². The number of morpholine rings is 1. The molecule has 2 aromatic heterocycles. The van der Waals surface area contributed by atoms with E-state index in [0.717, 1.165) is 85.9 Å². The molecule has 3 aliphatic rings. The predicted molar refractivity (Wildman–Crippen MR) is 149 cm³/mol. The molecule has 1 amide bonds. The lowest BCUT2D eigenvalue weighted by atomic mass is 9.84. The minimum Gasteiger partial charge on any atom is -0.378 e. The first-order chi connectivity index (χ1) is 18.9. The van der Waals surface area contributed by atoms with Crippen molar-refractivity contribution in [1.82, 2.24) is 35.2 Å². The Hall–Kier alpha value is -3.57. The SMILES string of the molecule is Cc1cc(C)nc(N2CCC3(CC2)NCCN(Cc2nn(C)nc2-c2cccc(N4CCOCC4)c2)C3=O)n1. The molecule has 3 aliphatic heterocycles. The number of aromatic nitrogens is 5. The Morgan fingerprint density at radius 3 is 2.44 bits per heavy atom. The quantitative estimate of drug-likeness (QED) is 0.527. The van der Waals surface area contributed by atoms with Crippen molar-refractivity contribution in [2.75, 3.05) is 62.3 Å². The van der Waals surface area contributed by atoms with Crippen LogP contribution >= 0.6 is 0 Å². The first-order valence-corrected chi connectivity index (χ1v) is 13.9. The van der Waals surface area contributed by atoms with E-state index < -0.39 is 5.54 Å². The van der Waals surface area contributed by atoms with Gasteiger partial charge in [-0.1, -0.05) is 12.1 Å². The number of aryl methyl sites for hydroxylation is 3. The lowest BCUT2D eigenvalue weighted by Crippen LogP contribution is -2.67. The third-order valence-electron chi connectivity index (χ3n) is 8.03. The van der Waals surface area contributed by atoms with Crippen molar-refractivity contribution >= 4 is 17.5 Å². The Morgan fingerprint density at radius 2 is 1.69 bits per heavy atom. The summed E-state index contributed by atoms with van der Waals surface area (Å²) in [6, 6.07) is 10.4. The number of anilines is 2. The van der Waals surface area contributed by atoms with Gasteiger partial charge in [0.25, 0.3) is 0 Å². The van der Waals surface area contributed by atoms with Gasteiger partial charge in [0.2, 0.25) is 11.9 Å². The number of carbonyl (C=O) groups excluding carboxylic acids is 1. The number of ether oxygens (including phenoxy) is 1. The average Bonchev–Trinajstić information content (AvgIpc) is 3.31. The zero-order chi connectivity index (χ0) is 27.0. The van der Waals surface area contributed by atoms with Crippen molar-refractivity contribution in [1.29, 1.82) is 0 Å². The Bertz CT molecular complexity index is 1320. The van der Waals surface area contributed by atoms with Gasteiger partial charge in [0, 0.05) is 69.0 Å². The van der Waals surface area contributed by atoms with Crippen LogP contribution < -0.4 is 15.1 Å². The molecule has 3 saturated heterocycles. The summed E-state index contributed by atoms with van der Waals surface area (Å²) in [7, 11) is 1.84. The molecule has 3 fully saturated rings. The fourth-order valence-electron chi connectivity index (χ4n) is 6.02. The van der Waals surface area contributed by atoms with Crippen LogP contribution in [0.5, 0.6) is 0 Å². The topological polar surface area (TPSA) is 105 Å². The molecule has 1 aromatic carbocycles. The highest BCUT2D eigenvalue weighted by molar-refractivity contribution is 5.87. The van der Waals surface area contributed by atoms with Crippen molar-refractivity contribution in [3.63, 3.8) is 0 Å². The summed E-state index contributed by atoms with van der Waals surface area (Å²) >= 11 is 0. The molecule has 0 radical (unpaired) electrons. The van der Waals surface area contributed by atoms with Crippen molar-refractivity contribution in [3.05, 3.63) is 47.4 Å². The molecule has 0 unspecified atom stereocenters. The van der Waals surface area contributed by atoms with E-state index in [2.05, 4.69) is 49.4 Å². The molecule has 1 N–H and O–H groups in total. The molecule has 6 rings (SSSR count). The van der Waals surface area contributed by atoms with Gasteiger partial charge in [-0.15, -0.1) is 0 Å². The Morgan fingerprint density at radius 1 is 0.949 bits per heavy atom. The van der Waals surface area contributed by atoms with Gasteiger partial charge in [0.15, 0.2) is 0 Å². The lowest BCUT2D eigenvalue weighted by Gasteiger charge is -2.46. The lowest BCUT2D eigenvalue weighted by molar-refractivity contribution is -0.143. The Labute approximate surface area is 229 Å². The molecular formula is C28H37N9O2. The van der Waals surface area contributed by atoms with Gasteiger partial charge in [-0.3, -0.25) is 4.79 Å². The number of benzene rings is 1. The van der Waals surface area contributed by atoms with Gasteiger partial charge < -0.3 is 24.8 Å². The molecular weight excluding hydrogens is 494 g/mol. The molecule has 5 heterocycles. The maximum atomic E-state index is 13.9. The zero-order valence-electron chi connectivity index (χ0n) is 23.1. The maximum Gasteiger partial charge on any atom is 0.243 e. The first kappa shape index (κ1) is 25.7. The molecule has 0 bridgehead atoms. The van der Waals surface area contributed by atoms with E-state index in [9.17, 15) is 4.79 Å². The highest BCUT2D eigenvalue weighted by atomic mass is 16.5. The molecule has 11 nitrogen and oxygen atoms in total. The fourth-order valence-corrected chi connectivity index (χ4v) is 6.02. The third-order valence-corrected chi connectivity index (χ3v) is 8.03. The van der Waals surface area contributed by atoms with E-state index in [-0.39, 0.29) is 5.91 Å². The van der Waals surface area contributed by atoms with Crippen LogP contribution in [0.25, 0.3) is 11.3 Å². The summed E-state index contributed by atoms with van der Waals surface area (Å²) in [5.41, 5.74) is 5.19. The highest BCUT2D eigenvalue weighted by Crippen LogP contribution is 2.31. The summed E-state index contributed by atoms with van der Waals surface area (Å²) in [6.45, 7) is 10.5. The second-order valence-electron chi connectivity index (χ2n) is 10.8. The number of nitrogens with zero attached hydrogens (tertiary/aromatic N) is 8. The molecule has 0 saturated carbocycles. The summed E-state index contributed by atoms with van der Waals surface area (Å²) in [6.07, 6.45) is 1.43. The summed E-state index contributed by atoms with van der Waals surface area (Å²) in [5, 5.41) is 13.0. The number of rotatable bonds is 5. The molecule has 3 aromatic rings. The van der Waals surface area contributed by atoms with Gasteiger partial charge in [-0.2, -0.15) is 15.0 Å². The molecule has 206 valence electrons. The highest BCUT2D eigenvalue weighted by Gasteiger charge is 2.46. The second kappa shape index (κ2) is 10.5. The fraction of sp³-hybridized carbons (Fsp3) is 0.536. The number of piperidine rings is 1. The normalized spacial score (nSPS) is 19.7. The number of piperazine rings is 1. The monoisotopic (exact) mass is 531 g/mol. The van der Waals surface area contributed by atoms with Gasteiger partial charge >= 0.3 is 0 Å². The van der Waals surface area contributed by atoms with Crippen molar-refractivity contribution < 1.29 is 9.53 Å². The number of carbonyl (C=O) groups is 1. The van der Waals surface area contributed by atoms with Crippen LogP contribution in [0.15, 0.2) is 30.3 Å². The number of hydrogen-bond acceptors (Lipinski definition) is 9. The van der Waals surface area contributed by atoms with E-state index in [1.807, 2.05) is 31.9 Å². The second-order valence-corrected chi connectivity index (χ2v) is 10.8. The number of amides is 1. The standard InChI is InChI=1S/C28H37N9O2/c1-20-17-21(2)31-27(30-20)36-10-7-28(8-11-36)26(38)37(12-9-29-28)19-24-25(33-34(3)32-24)22-5-4-6-23(18-22)35-13-15-39-16-14-35/h4-6,17-18,29H,7-16,19H2,1-3H3. The Balaban J connectivity index is 1.18. The summed E-state index contributed by atoms with van der Waals surface area (Å²) in [4.78, 5) is 31.3. The molecule has 0 atom stereocenters. The third kappa shape index (κ3) is 5.20. The molecule has 11 heteroatoms. The van der Waals surface area contributed by atoms with Crippen LogP contribution in [0.1, 0.15) is 29.9 Å². The molecule has 1 spiro atoms. The number of hydrogen-bond donors (Lipinski definition) is 1. The van der Waals surface area contributed by atoms with Crippen LogP contribution in [0.4, 0.5) is 11.6 Å². The van der Waals surface area contributed by atoms with Crippen LogP contribution in [-0.2, 0) is 23.1 Å². The minimum absolute atomic E-state index is 0.147. The van der Waals surface area contributed by atoms with Gasteiger partial charge in [0.1, 0.15) is 16.9 Å². The summed E-state index contributed by atoms with van der Waals surface area (Å²) < 4.78 is 5.52. The minimum atomic E-state index is -0.563. The van der Waals surface area contributed by atoms with Crippen LogP contribution in [0, 0.1) is 13.8 Å². The average molecular weight is 532 g/mol. The smallest absolute Gasteiger partial charge is 0.243 e. The van der Waals surface area contributed by atoms with Crippen molar-refractivity contribution in [2.24, 2.45) is 7.05 Å². The van der Waals surface area contributed by atoms with E-state index in [1.54, 1.807) is 4.80 Å². The van der Waals surface area contributed by atoms with E-state index in [0.29, 0.717) is 25.9 Å². The summed E-state index contributed by atoms with van der Waals surface area (Å²) in [5.74, 6) is 0.902. The van der Waals surface area contributed by atoms with Crippen LogP contribution in [0.2, 0.25) is 0 Å². The van der Waals surface area contributed by atoms with Gasteiger partial charge in [0.05, 0.1) is 19.8 Å². The van der Waals surface area contributed by atoms with E-state index in [1.165, 1.54) is 0 Å². The zero-order valence-corrected chi connectivity index (χ0v) is 23.1. The van der Waals surface area contributed by atoms with E-state index in [4.69, 9.17) is 14.9 Å². The first-order valence-electron chi connectivity index (χ1n) is 13.9. The van der Waals surface area contributed by atoms with Crippen molar-refractivity contribution in [2.45, 2.75) is 38.8 Å². The maximum absolute atomic E-state index is 13.9. The number of nitrogens with one attached hydrogen (secondary N) is 1. The predicted octanol–water partition coefficient (Wildman–Crippen LogP) is 1.70. The largest absolute Gasteiger partial charge is 0.378 e. The van der Waals surface area contributed by atoms with Crippen molar-refractivity contribution in [3.8, 4) is 11.3 Å². The van der Waals surface area contributed by atoms with E-state index >= 15 is 0 Å². The molecule has 39 heavy (non-hydrogen) atoms. The van der Waals surface area contributed by atoms with Gasteiger partial charge in [-0.05, 0) is 44.9 Å². The van der Waals surface area contributed by atoms with Crippen LogP contribution in [-0.4, -0.2) is 93.8 Å².